The minimum Gasteiger partial charge on any atom is -0.478 e. The third-order valence-corrected chi connectivity index (χ3v) is 5.70. The van der Waals surface area contributed by atoms with Crippen LogP contribution in [0.5, 0.6) is 5.75 Å². The molecule has 0 fully saturated rings. The molecule has 1 aliphatic rings. The molecule has 2 heterocycles. The van der Waals surface area contributed by atoms with Gasteiger partial charge in [-0.05, 0) is 48.9 Å². The molecule has 32 heavy (non-hydrogen) atoms. The molecule has 7 heteroatoms. The number of para-hydroxylation sites is 1. The summed E-state index contributed by atoms with van der Waals surface area (Å²) in [4.78, 5) is 26.5. The topological polar surface area (TPSA) is 77.0 Å². The van der Waals surface area contributed by atoms with Gasteiger partial charge in [0, 0.05) is 29.7 Å². The molecule has 3 aromatic rings. The lowest BCUT2D eigenvalue weighted by molar-refractivity contribution is -0.129. The molecule has 0 bridgehead atoms. The summed E-state index contributed by atoms with van der Waals surface area (Å²) in [5.41, 5.74) is 2.69. The molecular weight excluding hydrogens is 407 g/mol. The second-order valence-corrected chi connectivity index (χ2v) is 8.88. The Morgan fingerprint density at radius 1 is 1.25 bits per heavy atom. The number of nitrogens with zero attached hydrogens (tertiary/aromatic N) is 3. The van der Waals surface area contributed by atoms with Gasteiger partial charge in [-0.2, -0.15) is 0 Å². The fourth-order valence-corrected chi connectivity index (χ4v) is 4.10. The molecule has 0 radical (unpaired) electrons. The summed E-state index contributed by atoms with van der Waals surface area (Å²) in [6, 6.07) is 9.62. The van der Waals surface area contributed by atoms with Gasteiger partial charge < -0.3 is 10.1 Å². The maximum Gasteiger partial charge on any atom is 0.261 e. The van der Waals surface area contributed by atoms with E-state index in [-0.39, 0.29) is 23.1 Å². The number of amides is 1. The normalized spacial score (nSPS) is 17.8. The van der Waals surface area contributed by atoms with Gasteiger partial charge in [-0.25, -0.2) is 14.4 Å². The molecule has 1 aromatic carbocycles. The zero-order valence-corrected chi connectivity index (χ0v) is 18.5. The SMILES string of the molecule is CCC(Oc1ccccc1F)C(=O)NC1CC(C)(C)Cc2nc(-c3ccncc3)ncc21. The van der Waals surface area contributed by atoms with Crippen molar-refractivity contribution >= 4 is 5.91 Å². The molecule has 2 atom stereocenters. The molecule has 1 amide bonds. The minimum atomic E-state index is -0.794. The van der Waals surface area contributed by atoms with Crippen molar-refractivity contribution in [3.8, 4) is 17.1 Å². The van der Waals surface area contributed by atoms with E-state index in [1.807, 2.05) is 19.1 Å². The van der Waals surface area contributed by atoms with E-state index in [1.54, 1.807) is 30.7 Å². The van der Waals surface area contributed by atoms with Crippen LogP contribution in [0.4, 0.5) is 4.39 Å². The third-order valence-electron chi connectivity index (χ3n) is 5.70. The highest BCUT2D eigenvalue weighted by Crippen LogP contribution is 2.40. The van der Waals surface area contributed by atoms with Gasteiger partial charge in [0.1, 0.15) is 0 Å². The van der Waals surface area contributed by atoms with Crippen LogP contribution in [0.2, 0.25) is 0 Å². The predicted octanol–water partition coefficient (Wildman–Crippen LogP) is 4.67. The number of hydrogen-bond acceptors (Lipinski definition) is 5. The van der Waals surface area contributed by atoms with Crippen LogP contribution in [0.15, 0.2) is 55.0 Å². The van der Waals surface area contributed by atoms with E-state index in [0.717, 1.165) is 29.7 Å². The van der Waals surface area contributed by atoms with E-state index in [4.69, 9.17) is 9.72 Å². The monoisotopic (exact) mass is 434 g/mol. The summed E-state index contributed by atoms with van der Waals surface area (Å²) in [7, 11) is 0. The molecule has 0 saturated heterocycles. The first-order valence-electron chi connectivity index (χ1n) is 10.8. The van der Waals surface area contributed by atoms with Gasteiger partial charge in [0.15, 0.2) is 23.5 Å². The first-order chi connectivity index (χ1) is 15.4. The van der Waals surface area contributed by atoms with Crippen molar-refractivity contribution in [2.45, 2.75) is 52.2 Å². The standard InChI is InChI=1S/C25H27FN4O2/c1-4-21(32-22-8-6-5-7-18(22)26)24(31)30-20-14-25(2,3)13-19-17(20)15-28-23(29-19)16-9-11-27-12-10-16/h5-12,15,20-21H,4,13-14H2,1-3H3,(H,30,31). The Morgan fingerprint density at radius 2 is 2.00 bits per heavy atom. The number of rotatable bonds is 6. The molecule has 0 aliphatic heterocycles. The Labute approximate surface area is 187 Å². The van der Waals surface area contributed by atoms with Gasteiger partial charge in [0.05, 0.1) is 11.7 Å². The molecule has 1 N–H and O–H groups in total. The van der Waals surface area contributed by atoms with Crippen molar-refractivity contribution in [2.24, 2.45) is 5.41 Å². The average molecular weight is 435 g/mol. The Morgan fingerprint density at radius 3 is 2.72 bits per heavy atom. The number of ether oxygens (including phenoxy) is 1. The lowest BCUT2D eigenvalue weighted by atomic mass is 9.74. The van der Waals surface area contributed by atoms with E-state index < -0.39 is 11.9 Å². The van der Waals surface area contributed by atoms with Crippen molar-refractivity contribution in [3.63, 3.8) is 0 Å². The summed E-state index contributed by atoms with van der Waals surface area (Å²) >= 11 is 0. The van der Waals surface area contributed by atoms with Crippen molar-refractivity contribution < 1.29 is 13.9 Å². The number of hydrogen-bond donors (Lipinski definition) is 1. The summed E-state index contributed by atoms with van der Waals surface area (Å²) in [6.45, 7) is 6.17. The molecule has 166 valence electrons. The number of benzene rings is 1. The van der Waals surface area contributed by atoms with Gasteiger partial charge in [0.25, 0.3) is 5.91 Å². The summed E-state index contributed by atoms with van der Waals surface area (Å²) in [6.07, 6.45) is 6.39. The summed E-state index contributed by atoms with van der Waals surface area (Å²) < 4.78 is 19.7. The van der Waals surface area contributed by atoms with Crippen molar-refractivity contribution in [1.29, 1.82) is 0 Å². The van der Waals surface area contributed by atoms with Crippen LogP contribution in [0.25, 0.3) is 11.4 Å². The van der Waals surface area contributed by atoms with Crippen LogP contribution in [-0.4, -0.2) is 27.0 Å². The first-order valence-corrected chi connectivity index (χ1v) is 10.8. The first kappa shape index (κ1) is 21.9. The number of fused-ring (bicyclic) bond motifs is 1. The molecule has 0 spiro atoms. The van der Waals surface area contributed by atoms with Gasteiger partial charge in [-0.15, -0.1) is 0 Å². The van der Waals surface area contributed by atoms with Crippen molar-refractivity contribution in [2.75, 3.05) is 0 Å². The number of nitrogens with one attached hydrogen (secondary N) is 1. The third kappa shape index (κ3) is 4.77. The van der Waals surface area contributed by atoms with Crippen LogP contribution >= 0.6 is 0 Å². The summed E-state index contributed by atoms with van der Waals surface area (Å²) in [5.74, 6) is -0.0463. The number of carbonyl (C=O) groups is 1. The average Bonchev–Trinajstić information content (AvgIpc) is 2.78. The quantitative estimate of drug-likeness (QED) is 0.610. The van der Waals surface area contributed by atoms with Crippen molar-refractivity contribution in [3.05, 3.63) is 72.1 Å². The lowest BCUT2D eigenvalue weighted by Crippen LogP contribution is -2.43. The zero-order chi connectivity index (χ0) is 22.7. The number of carbonyl (C=O) groups excluding carboxylic acids is 1. The smallest absolute Gasteiger partial charge is 0.261 e. The zero-order valence-electron chi connectivity index (χ0n) is 18.5. The van der Waals surface area contributed by atoms with Crippen molar-refractivity contribution in [1.82, 2.24) is 20.3 Å². The van der Waals surface area contributed by atoms with Crippen LogP contribution in [0, 0.1) is 11.2 Å². The Kier molecular flexibility index (Phi) is 6.17. The van der Waals surface area contributed by atoms with E-state index >= 15 is 0 Å². The van der Waals surface area contributed by atoms with E-state index in [0.29, 0.717) is 12.2 Å². The van der Waals surface area contributed by atoms with Crippen LogP contribution in [0.3, 0.4) is 0 Å². The summed E-state index contributed by atoms with van der Waals surface area (Å²) in [5, 5.41) is 3.10. The molecule has 2 unspecified atom stereocenters. The predicted molar refractivity (Wildman–Crippen MR) is 119 cm³/mol. The number of aromatic nitrogens is 3. The van der Waals surface area contributed by atoms with Crippen LogP contribution in [-0.2, 0) is 11.2 Å². The van der Waals surface area contributed by atoms with E-state index in [2.05, 4.69) is 29.1 Å². The fourth-order valence-electron chi connectivity index (χ4n) is 4.10. The molecule has 1 aliphatic carbocycles. The molecular formula is C25H27FN4O2. The second-order valence-electron chi connectivity index (χ2n) is 8.88. The van der Waals surface area contributed by atoms with Gasteiger partial charge in [-0.3, -0.25) is 9.78 Å². The molecule has 0 saturated carbocycles. The minimum absolute atomic E-state index is 0.0527. The van der Waals surface area contributed by atoms with Crippen LogP contribution in [0.1, 0.15) is 50.9 Å². The second kappa shape index (κ2) is 9.02. The van der Waals surface area contributed by atoms with Crippen LogP contribution < -0.4 is 10.1 Å². The fraction of sp³-hybridized carbons (Fsp3) is 0.360. The number of pyridine rings is 1. The largest absolute Gasteiger partial charge is 0.478 e. The highest BCUT2D eigenvalue weighted by atomic mass is 19.1. The highest BCUT2D eigenvalue weighted by molar-refractivity contribution is 5.81. The Hall–Kier alpha value is -3.35. The molecule has 4 rings (SSSR count). The Balaban J connectivity index is 1.57. The van der Waals surface area contributed by atoms with E-state index in [9.17, 15) is 9.18 Å². The molecule has 6 nitrogen and oxygen atoms in total. The van der Waals surface area contributed by atoms with Gasteiger partial charge >= 0.3 is 0 Å². The van der Waals surface area contributed by atoms with Gasteiger partial charge in [-0.1, -0.05) is 32.9 Å². The lowest BCUT2D eigenvalue weighted by Gasteiger charge is -2.37. The molecule has 2 aromatic heterocycles. The highest BCUT2D eigenvalue weighted by Gasteiger charge is 2.35. The van der Waals surface area contributed by atoms with Gasteiger partial charge in [0.2, 0.25) is 0 Å². The maximum absolute atomic E-state index is 14.0. The number of halogens is 1. The van der Waals surface area contributed by atoms with E-state index in [1.165, 1.54) is 12.1 Å². The Bertz CT molecular complexity index is 1100. The maximum atomic E-state index is 14.0.